The molecule has 2 aromatic rings. The van der Waals surface area contributed by atoms with Gasteiger partial charge in [0.05, 0.1) is 18.0 Å². The number of carbonyl (C=O) groups is 1. The zero-order valence-electron chi connectivity index (χ0n) is 17.1. The predicted molar refractivity (Wildman–Crippen MR) is 117 cm³/mol. The first-order valence-corrected chi connectivity index (χ1v) is 11.9. The van der Waals surface area contributed by atoms with Crippen molar-refractivity contribution in [2.45, 2.75) is 32.4 Å². The molecule has 0 fully saturated rings. The molecule has 9 heteroatoms. The molecule has 1 N–H and O–H groups in total. The number of nitrogens with one attached hydrogen (secondary N) is 1. The minimum absolute atomic E-state index is 0.291. The Kier molecular flexibility index (Phi) is 6.77. The summed E-state index contributed by atoms with van der Waals surface area (Å²) in [5, 5.41) is 3.31. The van der Waals surface area contributed by atoms with Gasteiger partial charge >= 0.3 is 0 Å². The fourth-order valence-corrected chi connectivity index (χ4v) is 4.78. The number of fused-ring (bicyclic) bond motifs is 1. The molecule has 7 nitrogen and oxygen atoms in total. The van der Waals surface area contributed by atoms with E-state index < -0.39 is 22.0 Å². The Morgan fingerprint density at radius 3 is 2.50 bits per heavy atom. The van der Waals surface area contributed by atoms with E-state index in [-0.39, 0.29) is 6.04 Å². The fourth-order valence-electron chi connectivity index (χ4n) is 3.40. The zero-order valence-corrected chi connectivity index (χ0v) is 18.7. The lowest BCUT2D eigenvalue weighted by Gasteiger charge is -2.31. The van der Waals surface area contributed by atoms with Crippen LogP contribution in [0.15, 0.2) is 42.5 Å². The molecule has 1 heterocycles. The van der Waals surface area contributed by atoms with Crippen LogP contribution in [0, 0.1) is 0 Å². The van der Waals surface area contributed by atoms with Crippen molar-refractivity contribution in [3.8, 4) is 11.5 Å². The second-order valence-electron chi connectivity index (χ2n) is 7.10. The highest BCUT2D eigenvalue weighted by Gasteiger charge is 2.32. The Bertz CT molecular complexity index is 1030. The summed E-state index contributed by atoms with van der Waals surface area (Å²) in [4.78, 5) is 13.1. The number of ether oxygens (including phenoxy) is 2. The number of hydrogen-bond donors (Lipinski definition) is 1. The van der Waals surface area contributed by atoms with Gasteiger partial charge in [-0.25, -0.2) is 8.42 Å². The van der Waals surface area contributed by atoms with Gasteiger partial charge in [0, 0.05) is 5.02 Å². The predicted octanol–water partition coefficient (Wildman–Crippen LogP) is 3.53. The SMILES string of the molecule is CC[C@H](C(=O)N[C@H](C)c1ccc2c(c1)OCCO2)N(c1cccc(Cl)c1)S(C)(=O)=O. The molecular weight excluding hydrogens is 428 g/mol. The van der Waals surface area contributed by atoms with Gasteiger partial charge in [0.1, 0.15) is 19.3 Å². The standard InChI is InChI=1S/C21H25ClN2O5S/c1-4-18(24(30(3,26)27)17-7-5-6-16(22)13-17)21(25)23-14(2)15-8-9-19-20(12-15)29-11-10-28-19/h5-9,12-14,18H,4,10-11H2,1-3H3,(H,23,25)/t14-,18-/m1/s1. The lowest BCUT2D eigenvalue weighted by molar-refractivity contribution is -0.122. The molecule has 0 saturated heterocycles. The molecule has 30 heavy (non-hydrogen) atoms. The van der Waals surface area contributed by atoms with Crippen LogP contribution in [-0.4, -0.2) is 39.8 Å². The number of benzene rings is 2. The highest BCUT2D eigenvalue weighted by atomic mass is 35.5. The van der Waals surface area contributed by atoms with Gasteiger partial charge in [0.15, 0.2) is 11.5 Å². The van der Waals surface area contributed by atoms with Crippen molar-refractivity contribution < 1.29 is 22.7 Å². The van der Waals surface area contributed by atoms with Gasteiger partial charge in [-0.3, -0.25) is 9.10 Å². The van der Waals surface area contributed by atoms with Gasteiger partial charge in [0.25, 0.3) is 0 Å². The second-order valence-corrected chi connectivity index (χ2v) is 9.39. The summed E-state index contributed by atoms with van der Waals surface area (Å²) in [6.45, 7) is 4.57. The number of nitrogens with zero attached hydrogens (tertiary/aromatic N) is 1. The van der Waals surface area contributed by atoms with E-state index in [1.165, 1.54) is 6.07 Å². The molecule has 1 aliphatic rings. The molecule has 0 radical (unpaired) electrons. The van der Waals surface area contributed by atoms with E-state index in [0.29, 0.717) is 41.8 Å². The lowest BCUT2D eigenvalue weighted by atomic mass is 10.1. The largest absolute Gasteiger partial charge is 0.486 e. The van der Waals surface area contributed by atoms with Crippen molar-refractivity contribution in [1.29, 1.82) is 0 Å². The van der Waals surface area contributed by atoms with Crippen LogP contribution >= 0.6 is 11.6 Å². The summed E-state index contributed by atoms with van der Waals surface area (Å²) in [6.07, 6.45) is 1.37. The van der Waals surface area contributed by atoms with E-state index in [2.05, 4.69) is 5.32 Å². The summed E-state index contributed by atoms with van der Waals surface area (Å²) >= 11 is 6.04. The Labute approximate surface area is 182 Å². The van der Waals surface area contributed by atoms with E-state index in [1.54, 1.807) is 31.2 Å². The second kappa shape index (κ2) is 9.14. The van der Waals surface area contributed by atoms with Crippen molar-refractivity contribution in [2.75, 3.05) is 23.8 Å². The first-order valence-electron chi connectivity index (χ1n) is 9.65. The van der Waals surface area contributed by atoms with Crippen molar-refractivity contribution in [2.24, 2.45) is 0 Å². The van der Waals surface area contributed by atoms with Gasteiger partial charge in [-0.15, -0.1) is 0 Å². The molecule has 0 bridgehead atoms. The summed E-state index contributed by atoms with van der Waals surface area (Å²) < 4.78 is 37.3. The smallest absolute Gasteiger partial charge is 0.244 e. The minimum Gasteiger partial charge on any atom is -0.486 e. The minimum atomic E-state index is -3.73. The maximum Gasteiger partial charge on any atom is 0.244 e. The molecular formula is C21H25ClN2O5S. The summed E-state index contributed by atoms with van der Waals surface area (Å²) in [5.74, 6) is 0.896. The van der Waals surface area contributed by atoms with Crippen molar-refractivity contribution >= 4 is 33.2 Å². The highest BCUT2D eigenvalue weighted by molar-refractivity contribution is 7.92. The molecule has 1 aliphatic heterocycles. The fraction of sp³-hybridized carbons (Fsp3) is 0.381. The normalized spacial score (nSPS) is 15.2. The Hall–Kier alpha value is -2.45. The maximum atomic E-state index is 13.1. The third-order valence-electron chi connectivity index (χ3n) is 4.82. The number of anilines is 1. The number of carbonyl (C=O) groups excluding carboxylic acids is 1. The van der Waals surface area contributed by atoms with Gasteiger partial charge < -0.3 is 14.8 Å². The van der Waals surface area contributed by atoms with Gasteiger partial charge in [0.2, 0.25) is 15.9 Å². The van der Waals surface area contributed by atoms with Crippen molar-refractivity contribution in [3.05, 3.63) is 53.1 Å². The van der Waals surface area contributed by atoms with E-state index in [9.17, 15) is 13.2 Å². The molecule has 0 aromatic heterocycles. The Balaban J connectivity index is 1.83. The summed E-state index contributed by atoms with van der Waals surface area (Å²) in [6, 6.07) is 10.7. The molecule has 2 aromatic carbocycles. The maximum absolute atomic E-state index is 13.1. The number of rotatable bonds is 7. The quantitative estimate of drug-likeness (QED) is 0.694. The van der Waals surface area contributed by atoms with Crippen LogP contribution < -0.4 is 19.1 Å². The lowest BCUT2D eigenvalue weighted by Crippen LogP contribution is -2.49. The molecule has 2 atom stereocenters. The van der Waals surface area contributed by atoms with E-state index in [0.717, 1.165) is 16.1 Å². The number of halogens is 1. The Morgan fingerprint density at radius 2 is 1.87 bits per heavy atom. The third-order valence-corrected chi connectivity index (χ3v) is 6.23. The van der Waals surface area contributed by atoms with Crippen LogP contribution in [0.25, 0.3) is 0 Å². The van der Waals surface area contributed by atoms with Crippen molar-refractivity contribution in [3.63, 3.8) is 0 Å². The molecule has 1 amide bonds. The zero-order chi connectivity index (χ0) is 21.9. The van der Waals surface area contributed by atoms with Gasteiger partial charge in [-0.05, 0) is 49.2 Å². The van der Waals surface area contributed by atoms with Crippen LogP contribution in [0.4, 0.5) is 5.69 Å². The molecule has 0 aliphatic carbocycles. The first kappa shape index (κ1) is 22.2. The van der Waals surface area contributed by atoms with Crippen LogP contribution in [0.3, 0.4) is 0 Å². The van der Waals surface area contributed by atoms with E-state index in [4.69, 9.17) is 21.1 Å². The van der Waals surface area contributed by atoms with E-state index in [1.807, 2.05) is 19.1 Å². The average Bonchev–Trinajstić information content (AvgIpc) is 2.70. The van der Waals surface area contributed by atoms with E-state index >= 15 is 0 Å². The number of amides is 1. The average molecular weight is 453 g/mol. The topological polar surface area (TPSA) is 84.9 Å². The molecule has 0 spiro atoms. The molecule has 0 unspecified atom stereocenters. The van der Waals surface area contributed by atoms with Crippen LogP contribution in [0.2, 0.25) is 5.02 Å². The summed E-state index contributed by atoms with van der Waals surface area (Å²) in [7, 11) is -3.73. The monoisotopic (exact) mass is 452 g/mol. The summed E-state index contributed by atoms with van der Waals surface area (Å²) in [5.41, 5.74) is 1.18. The van der Waals surface area contributed by atoms with Crippen LogP contribution in [0.5, 0.6) is 11.5 Å². The van der Waals surface area contributed by atoms with Crippen LogP contribution in [-0.2, 0) is 14.8 Å². The molecule has 0 saturated carbocycles. The number of sulfonamides is 1. The molecule has 3 rings (SSSR count). The third kappa shape index (κ3) is 4.99. The first-order chi connectivity index (χ1) is 14.2. The van der Waals surface area contributed by atoms with Crippen LogP contribution in [0.1, 0.15) is 31.9 Å². The highest BCUT2D eigenvalue weighted by Crippen LogP contribution is 2.33. The van der Waals surface area contributed by atoms with Crippen molar-refractivity contribution in [1.82, 2.24) is 5.32 Å². The number of hydrogen-bond acceptors (Lipinski definition) is 5. The van der Waals surface area contributed by atoms with Gasteiger partial charge in [-0.2, -0.15) is 0 Å². The molecule has 162 valence electrons. The Morgan fingerprint density at radius 1 is 1.17 bits per heavy atom. The van der Waals surface area contributed by atoms with Gasteiger partial charge in [-0.1, -0.05) is 30.7 Å².